The molecule has 2 aromatic rings. The van der Waals surface area contributed by atoms with Crippen molar-refractivity contribution in [3.8, 4) is 11.5 Å². The molecule has 0 spiro atoms. The zero-order valence-corrected chi connectivity index (χ0v) is 16.0. The van der Waals surface area contributed by atoms with E-state index < -0.39 is 6.04 Å². The number of benzene rings is 2. The minimum absolute atomic E-state index is 0.0928. The van der Waals surface area contributed by atoms with E-state index in [0.717, 1.165) is 5.56 Å². The van der Waals surface area contributed by atoms with Gasteiger partial charge in [-0.2, -0.15) is 5.10 Å². The van der Waals surface area contributed by atoms with Gasteiger partial charge in [-0.25, -0.2) is 10.4 Å². The third kappa shape index (κ3) is 5.32. The van der Waals surface area contributed by atoms with Crippen LogP contribution in [-0.2, 0) is 9.59 Å². The number of aliphatic imine (C=N–C) groups is 1. The van der Waals surface area contributed by atoms with E-state index in [0.29, 0.717) is 17.2 Å². The summed E-state index contributed by atoms with van der Waals surface area (Å²) in [6, 6.07) is 13.5. The first-order valence-electron chi connectivity index (χ1n) is 8.83. The fraction of sp³-hybridized carbons (Fsp3) is 0.200. The first kappa shape index (κ1) is 19.9. The molecule has 150 valence electrons. The van der Waals surface area contributed by atoms with Crippen molar-refractivity contribution in [1.82, 2.24) is 10.7 Å². The maximum atomic E-state index is 12.2. The number of carbonyl (C=O) groups excluding carboxylic acids is 2. The van der Waals surface area contributed by atoms with Gasteiger partial charge in [-0.1, -0.05) is 18.2 Å². The second-order valence-corrected chi connectivity index (χ2v) is 6.08. The summed E-state index contributed by atoms with van der Waals surface area (Å²) in [5.74, 6) is 0.767. The number of nitrogens with one attached hydrogen (secondary N) is 3. The number of amides is 2. The normalized spacial score (nSPS) is 15.6. The largest absolute Gasteiger partial charge is 0.497 e. The lowest BCUT2D eigenvalue weighted by Crippen LogP contribution is -2.35. The standard InChI is InChI=1S/C20H21N5O4/c1-28-15-8-5-7-14(10-15)22-18(26)11-16-19(27)24-20(23-16)25-21-12-13-6-3-4-9-17(13)29-2/h3-10,12,16H,11H2,1-2H3,(H,22,26)(H2,23,24,25,27)/b21-12-/t16-/m0/s1. The molecule has 2 amide bonds. The third-order valence-corrected chi connectivity index (χ3v) is 4.07. The molecule has 1 heterocycles. The predicted molar refractivity (Wildman–Crippen MR) is 109 cm³/mol. The Morgan fingerprint density at radius 2 is 2.03 bits per heavy atom. The highest BCUT2D eigenvalue weighted by atomic mass is 16.5. The highest BCUT2D eigenvalue weighted by Gasteiger charge is 2.28. The molecule has 0 saturated heterocycles. The van der Waals surface area contributed by atoms with Crippen LogP contribution in [0.1, 0.15) is 12.0 Å². The fourth-order valence-corrected chi connectivity index (χ4v) is 2.67. The minimum Gasteiger partial charge on any atom is -0.497 e. The molecule has 29 heavy (non-hydrogen) atoms. The molecule has 2 aromatic carbocycles. The average Bonchev–Trinajstić information content (AvgIpc) is 3.07. The molecule has 3 rings (SSSR count). The Hall–Kier alpha value is -3.88. The van der Waals surface area contributed by atoms with Crippen molar-refractivity contribution >= 4 is 29.7 Å². The molecule has 0 bridgehead atoms. The van der Waals surface area contributed by atoms with Crippen LogP contribution in [0.2, 0.25) is 0 Å². The zero-order chi connectivity index (χ0) is 20.6. The van der Waals surface area contributed by atoms with Crippen LogP contribution in [0.5, 0.6) is 11.5 Å². The van der Waals surface area contributed by atoms with Crippen LogP contribution in [0, 0.1) is 0 Å². The number of guanidine groups is 1. The van der Waals surface area contributed by atoms with Gasteiger partial charge in [-0.15, -0.1) is 0 Å². The molecule has 1 aliphatic heterocycles. The smallest absolute Gasteiger partial charge is 0.252 e. The highest BCUT2D eigenvalue weighted by molar-refractivity contribution is 6.07. The summed E-state index contributed by atoms with van der Waals surface area (Å²) in [5, 5.41) is 9.34. The average molecular weight is 395 g/mol. The van der Waals surface area contributed by atoms with Crippen molar-refractivity contribution in [3.05, 3.63) is 54.1 Å². The van der Waals surface area contributed by atoms with E-state index in [1.165, 1.54) is 0 Å². The quantitative estimate of drug-likeness (QED) is 0.486. The van der Waals surface area contributed by atoms with E-state index in [2.05, 4.69) is 26.2 Å². The van der Waals surface area contributed by atoms with Crippen molar-refractivity contribution < 1.29 is 19.1 Å². The monoisotopic (exact) mass is 395 g/mol. The second-order valence-electron chi connectivity index (χ2n) is 6.08. The first-order valence-corrected chi connectivity index (χ1v) is 8.83. The SMILES string of the molecule is COc1cccc(NC(=O)C[C@@H]2N=C(N/N=C\c3ccccc3OC)NC2=O)c1. The molecule has 9 heteroatoms. The van der Waals surface area contributed by atoms with Crippen LogP contribution < -0.4 is 25.5 Å². The maximum Gasteiger partial charge on any atom is 0.252 e. The molecule has 0 aliphatic carbocycles. The number of para-hydroxylation sites is 1. The molecule has 3 N–H and O–H groups in total. The Morgan fingerprint density at radius 3 is 2.83 bits per heavy atom. The first-order chi connectivity index (χ1) is 14.1. The van der Waals surface area contributed by atoms with Crippen LogP contribution in [0.3, 0.4) is 0 Å². The molecule has 0 aromatic heterocycles. The van der Waals surface area contributed by atoms with Gasteiger partial charge in [0.2, 0.25) is 11.9 Å². The molecule has 1 atom stereocenters. The number of anilines is 1. The Balaban J connectivity index is 1.56. The van der Waals surface area contributed by atoms with Gasteiger partial charge in [0.05, 0.1) is 26.9 Å². The van der Waals surface area contributed by atoms with E-state index >= 15 is 0 Å². The van der Waals surface area contributed by atoms with E-state index in [4.69, 9.17) is 9.47 Å². The minimum atomic E-state index is -0.829. The fourth-order valence-electron chi connectivity index (χ4n) is 2.67. The van der Waals surface area contributed by atoms with Crippen molar-refractivity contribution in [2.45, 2.75) is 12.5 Å². The summed E-state index contributed by atoms with van der Waals surface area (Å²) in [6.45, 7) is 0. The third-order valence-electron chi connectivity index (χ3n) is 4.07. The van der Waals surface area contributed by atoms with Gasteiger partial charge in [0.1, 0.15) is 17.5 Å². The van der Waals surface area contributed by atoms with Crippen LogP contribution >= 0.6 is 0 Å². The van der Waals surface area contributed by atoms with E-state index in [1.54, 1.807) is 44.7 Å². The van der Waals surface area contributed by atoms with Gasteiger partial charge in [0, 0.05) is 17.3 Å². The van der Waals surface area contributed by atoms with Crippen molar-refractivity contribution in [2.75, 3.05) is 19.5 Å². The number of hydrazone groups is 1. The molecule has 0 radical (unpaired) electrons. The summed E-state index contributed by atoms with van der Waals surface area (Å²) < 4.78 is 10.4. The van der Waals surface area contributed by atoms with Crippen LogP contribution in [0.4, 0.5) is 5.69 Å². The summed E-state index contributed by atoms with van der Waals surface area (Å²) in [4.78, 5) is 28.5. The van der Waals surface area contributed by atoms with Gasteiger partial charge in [-0.3, -0.25) is 14.9 Å². The Bertz CT molecular complexity index is 957. The van der Waals surface area contributed by atoms with Gasteiger partial charge in [0.15, 0.2) is 0 Å². The van der Waals surface area contributed by atoms with Gasteiger partial charge in [0.25, 0.3) is 5.91 Å². The van der Waals surface area contributed by atoms with Crippen LogP contribution in [0.25, 0.3) is 0 Å². The van der Waals surface area contributed by atoms with Crippen molar-refractivity contribution in [2.24, 2.45) is 10.1 Å². The lowest BCUT2D eigenvalue weighted by molar-refractivity contribution is -0.123. The summed E-state index contributed by atoms with van der Waals surface area (Å²) in [6.07, 6.45) is 1.46. The number of hydrogen-bond donors (Lipinski definition) is 3. The number of rotatable bonds is 7. The van der Waals surface area contributed by atoms with E-state index in [-0.39, 0.29) is 24.2 Å². The summed E-state index contributed by atoms with van der Waals surface area (Å²) in [7, 11) is 3.12. The Labute approximate surface area is 167 Å². The summed E-state index contributed by atoms with van der Waals surface area (Å²) >= 11 is 0. The predicted octanol–water partition coefficient (Wildman–Crippen LogP) is 1.51. The topological polar surface area (TPSA) is 113 Å². The lowest BCUT2D eigenvalue weighted by Gasteiger charge is -2.08. The van der Waals surface area contributed by atoms with Crippen LogP contribution in [-0.4, -0.2) is 44.2 Å². The van der Waals surface area contributed by atoms with Gasteiger partial charge in [-0.05, 0) is 24.3 Å². The maximum absolute atomic E-state index is 12.2. The van der Waals surface area contributed by atoms with Crippen molar-refractivity contribution in [3.63, 3.8) is 0 Å². The highest BCUT2D eigenvalue weighted by Crippen LogP contribution is 2.17. The van der Waals surface area contributed by atoms with E-state index in [1.807, 2.05) is 24.3 Å². The Kier molecular flexibility index (Phi) is 6.41. The number of ether oxygens (including phenoxy) is 2. The van der Waals surface area contributed by atoms with Crippen LogP contribution in [0.15, 0.2) is 58.6 Å². The number of hydrogen-bond acceptors (Lipinski definition) is 7. The van der Waals surface area contributed by atoms with Gasteiger partial charge < -0.3 is 14.8 Å². The second kappa shape index (κ2) is 9.36. The number of nitrogens with zero attached hydrogens (tertiary/aromatic N) is 2. The molecule has 9 nitrogen and oxygen atoms in total. The summed E-state index contributed by atoms with van der Waals surface area (Å²) in [5.41, 5.74) is 4.01. The van der Waals surface area contributed by atoms with E-state index in [9.17, 15) is 9.59 Å². The molecular weight excluding hydrogens is 374 g/mol. The number of methoxy groups -OCH3 is 2. The molecule has 0 unspecified atom stereocenters. The number of carbonyl (C=O) groups is 2. The lowest BCUT2D eigenvalue weighted by atomic mass is 10.2. The zero-order valence-electron chi connectivity index (χ0n) is 16.0. The van der Waals surface area contributed by atoms with Gasteiger partial charge >= 0.3 is 0 Å². The molecule has 0 fully saturated rings. The van der Waals surface area contributed by atoms with Crippen molar-refractivity contribution in [1.29, 1.82) is 0 Å². The Morgan fingerprint density at radius 1 is 1.21 bits per heavy atom. The molecule has 0 saturated carbocycles. The molecular formula is C20H21N5O4. The molecule has 1 aliphatic rings.